The van der Waals surface area contributed by atoms with Crippen LogP contribution in [0.25, 0.3) is 0 Å². The molecule has 0 saturated heterocycles. The molecule has 0 unspecified atom stereocenters. The monoisotopic (exact) mass is 251 g/mol. The lowest BCUT2D eigenvalue weighted by molar-refractivity contribution is -0.138. The molecule has 0 aliphatic carbocycles. The van der Waals surface area contributed by atoms with E-state index in [1.165, 1.54) is 11.8 Å². The smallest absolute Gasteiger partial charge is 0.325 e. The van der Waals surface area contributed by atoms with Gasteiger partial charge in [-0.25, -0.2) is 4.79 Å². The van der Waals surface area contributed by atoms with Crippen LogP contribution in [0.4, 0.5) is 4.79 Å². The van der Waals surface area contributed by atoms with Gasteiger partial charge in [-0.1, -0.05) is 0 Å². The van der Waals surface area contributed by atoms with Crippen molar-refractivity contribution in [3.8, 4) is 0 Å². The summed E-state index contributed by atoms with van der Waals surface area (Å²) in [5.41, 5.74) is 1.08. The number of carboxylic acid groups (broad SMARTS) is 1. The number of hydrogen-bond acceptors (Lipinski definition) is 3. The van der Waals surface area contributed by atoms with Gasteiger partial charge < -0.3 is 15.3 Å². The van der Waals surface area contributed by atoms with Crippen LogP contribution in [0.3, 0.4) is 0 Å². The third kappa shape index (κ3) is 4.40. The SMILES string of the molecule is C[C@H](NC(=O)N(C)CCc1ccncc1)C(=O)O. The van der Waals surface area contributed by atoms with Gasteiger partial charge in [-0.2, -0.15) is 0 Å². The minimum atomic E-state index is -1.05. The molecule has 98 valence electrons. The summed E-state index contributed by atoms with van der Waals surface area (Å²) < 4.78 is 0. The van der Waals surface area contributed by atoms with Crippen LogP contribution in [0.2, 0.25) is 0 Å². The number of likely N-dealkylation sites (N-methyl/N-ethyl adjacent to an activating group) is 1. The number of hydrogen-bond donors (Lipinski definition) is 2. The first-order valence-electron chi connectivity index (χ1n) is 5.64. The molecule has 0 aliphatic rings. The lowest BCUT2D eigenvalue weighted by Crippen LogP contribution is -2.45. The van der Waals surface area contributed by atoms with Crippen molar-refractivity contribution in [2.45, 2.75) is 19.4 Å². The Morgan fingerprint density at radius 1 is 1.44 bits per heavy atom. The molecule has 2 amide bonds. The predicted molar refractivity (Wildman–Crippen MR) is 66.2 cm³/mol. The van der Waals surface area contributed by atoms with E-state index in [0.717, 1.165) is 5.56 Å². The molecule has 0 saturated carbocycles. The number of carbonyl (C=O) groups excluding carboxylic acids is 1. The van der Waals surface area contributed by atoms with Crippen LogP contribution in [0.5, 0.6) is 0 Å². The summed E-state index contributed by atoms with van der Waals surface area (Å²) in [5.74, 6) is -1.05. The summed E-state index contributed by atoms with van der Waals surface area (Å²) in [6.07, 6.45) is 4.09. The van der Waals surface area contributed by atoms with Crippen molar-refractivity contribution in [3.63, 3.8) is 0 Å². The van der Waals surface area contributed by atoms with Gasteiger partial charge >= 0.3 is 12.0 Å². The molecule has 0 bridgehead atoms. The second kappa shape index (κ2) is 6.58. The summed E-state index contributed by atoms with van der Waals surface area (Å²) in [4.78, 5) is 27.6. The highest BCUT2D eigenvalue weighted by Crippen LogP contribution is 1.99. The number of nitrogens with one attached hydrogen (secondary N) is 1. The normalized spacial score (nSPS) is 11.7. The van der Waals surface area contributed by atoms with Crippen molar-refractivity contribution in [3.05, 3.63) is 30.1 Å². The zero-order chi connectivity index (χ0) is 13.5. The second-order valence-corrected chi connectivity index (χ2v) is 4.04. The van der Waals surface area contributed by atoms with E-state index in [-0.39, 0.29) is 6.03 Å². The quantitative estimate of drug-likeness (QED) is 0.808. The highest BCUT2D eigenvalue weighted by atomic mass is 16.4. The van der Waals surface area contributed by atoms with Gasteiger partial charge in [0.15, 0.2) is 0 Å². The Morgan fingerprint density at radius 2 is 2.06 bits per heavy atom. The maximum absolute atomic E-state index is 11.6. The Balaban J connectivity index is 2.39. The topological polar surface area (TPSA) is 82.5 Å². The fraction of sp³-hybridized carbons (Fsp3) is 0.417. The minimum Gasteiger partial charge on any atom is -0.480 e. The molecule has 18 heavy (non-hydrogen) atoms. The molecule has 1 rings (SSSR count). The van der Waals surface area contributed by atoms with Crippen LogP contribution in [0.15, 0.2) is 24.5 Å². The van der Waals surface area contributed by atoms with Gasteiger partial charge in [0.2, 0.25) is 0 Å². The van der Waals surface area contributed by atoms with Gasteiger partial charge in [0, 0.05) is 26.0 Å². The number of aliphatic carboxylic acids is 1. The number of urea groups is 1. The first-order valence-corrected chi connectivity index (χ1v) is 5.64. The summed E-state index contributed by atoms with van der Waals surface area (Å²) in [7, 11) is 1.63. The average molecular weight is 251 g/mol. The standard InChI is InChI=1S/C12H17N3O3/c1-9(11(16)17)14-12(18)15(2)8-5-10-3-6-13-7-4-10/h3-4,6-7,9H,5,8H2,1-2H3,(H,14,18)(H,16,17)/t9-/m0/s1. The van der Waals surface area contributed by atoms with Crippen molar-refractivity contribution in [2.75, 3.05) is 13.6 Å². The molecule has 0 spiro atoms. The van der Waals surface area contributed by atoms with E-state index in [1.807, 2.05) is 12.1 Å². The molecule has 1 aromatic heterocycles. The van der Waals surface area contributed by atoms with E-state index in [4.69, 9.17) is 5.11 Å². The van der Waals surface area contributed by atoms with E-state index in [2.05, 4.69) is 10.3 Å². The number of carbonyl (C=O) groups is 2. The average Bonchev–Trinajstić information content (AvgIpc) is 2.36. The van der Waals surface area contributed by atoms with E-state index in [0.29, 0.717) is 13.0 Å². The first-order chi connectivity index (χ1) is 8.50. The fourth-order valence-corrected chi connectivity index (χ4v) is 1.30. The Morgan fingerprint density at radius 3 is 2.61 bits per heavy atom. The van der Waals surface area contributed by atoms with Crippen molar-refractivity contribution in [1.82, 2.24) is 15.2 Å². The third-order valence-electron chi connectivity index (χ3n) is 2.54. The third-order valence-corrected chi connectivity index (χ3v) is 2.54. The Hall–Kier alpha value is -2.11. The molecule has 0 aromatic carbocycles. The van der Waals surface area contributed by atoms with Crippen molar-refractivity contribution in [2.24, 2.45) is 0 Å². The number of amides is 2. The summed E-state index contributed by atoms with van der Waals surface area (Å²) in [6, 6.07) is 2.48. The molecule has 0 fully saturated rings. The zero-order valence-electron chi connectivity index (χ0n) is 10.5. The van der Waals surface area contributed by atoms with Gasteiger partial charge in [-0.15, -0.1) is 0 Å². The molecule has 6 nitrogen and oxygen atoms in total. The van der Waals surface area contributed by atoms with Gasteiger partial charge in [0.05, 0.1) is 0 Å². The van der Waals surface area contributed by atoms with Crippen LogP contribution >= 0.6 is 0 Å². The number of nitrogens with zero attached hydrogens (tertiary/aromatic N) is 2. The molecule has 1 atom stereocenters. The second-order valence-electron chi connectivity index (χ2n) is 4.04. The molecule has 6 heteroatoms. The Labute approximate surface area is 106 Å². The maximum Gasteiger partial charge on any atom is 0.325 e. The zero-order valence-corrected chi connectivity index (χ0v) is 10.5. The number of pyridine rings is 1. The van der Waals surface area contributed by atoms with E-state index in [1.54, 1.807) is 19.4 Å². The van der Waals surface area contributed by atoms with Gasteiger partial charge in [-0.3, -0.25) is 9.78 Å². The molecule has 1 heterocycles. The van der Waals surface area contributed by atoms with Gasteiger partial charge in [0.1, 0.15) is 6.04 Å². The highest BCUT2D eigenvalue weighted by Gasteiger charge is 2.16. The van der Waals surface area contributed by atoms with Crippen molar-refractivity contribution in [1.29, 1.82) is 0 Å². The lowest BCUT2D eigenvalue weighted by atomic mass is 10.2. The molecular weight excluding hydrogens is 234 g/mol. The Kier molecular flexibility index (Phi) is 5.10. The van der Waals surface area contributed by atoms with Crippen LogP contribution in [-0.4, -0.2) is 46.6 Å². The molecule has 0 radical (unpaired) electrons. The Bertz CT molecular complexity index is 408. The van der Waals surface area contributed by atoms with Gasteiger partial charge in [-0.05, 0) is 31.0 Å². The number of rotatable bonds is 5. The van der Waals surface area contributed by atoms with Crippen LogP contribution in [0, 0.1) is 0 Å². The van der Waals surface area contributed by atoms with Crippen LogP contribution < -0.4 is 5.32 Å². The highest BCUT2D eigenvalue weighted by molar-refractivity contribution is 5.82. The molecule has 2 N–H and O–H groups in total. The molecule has 0 aliphatic heterocycles. The first kappa shape index (κ1) is 14.0. The summed E-state index contributed by atoms with van der Waals surface area (Å²) in [6.45, 7) is 1.94. The van der Waals surface area contributed by atoms with E-state index >= 15 is 0 Å². The molecule has 1 aromatic rings. The van der Waals surface area contributed by atoms with Crippen molar-refractivity contribution < 1.29 is 14.7 Å². The fourth-order valence-electron chi connectivity index (χ4n) is 1.30. The van der Waals surface area contributed by atoms with Crippen molar-refractivity contribution >= 4 is 12.0 Å². The predicted octanol–water partition coefficient (Wildman–Crippen LogP) is 0.739. The van der Waals surface area contributed by atoms with E-state index < -0.39 is 12.0 Å². The summed E-state index contributed by atoms with van der Waals surface area (Å²) in [5, 5.41) is 11.1. The van der Waals surface area contributed by atoms with Gasteiger partial charge in [0.25, 0.3) is 0 Å². The lowest BCUT2D eigenvalue weighted by Gasteiger charge is -2.19. The largest absolute Gasteiger partial charge is 0.480 e. The number of aromatic nitrogens is 1. The van der Waals surface area contributed by atoms with Crippen LogP contribution in [-0.2, 0) is 11.2 Å². The number of carboxylic acids is 1. The maximum atomic E-state index is 11.6. The van der Waals surface area contributed by atoms with E-state index in [9.17, 15) is 9.59 Å². The minimum absolute atomic E-state index is 0.390. The molecular formula is C12H17N3O3. The summed E-state index contributed by atoms with van der Waals surface area (Å²) >= 11 is 0. The van der Waals surface area contributed by atoms with Crippen LogP contribution in [0.1, 0.15) is 12.5 Å².